The lowest BCUT2D eigenvalue weighted by Gasteiger charge is -2.22. The summed E-state index contributed by atoms with van der Waals surface area (Å²) < 4.78 is 0. The Hall–Kier alpha value is -0.900. The van der Waals surface area contributed by atoms with Gasteiger partial charge in [-0.1, -0.05) is 45.0 Å². The Kier molecular flexibility index (Phi) is 6.42. The molecule has 124 valence electrons. The van der Waals surface area contributed by atoms with Crippen LogP contribution in [-0.2, 0) is 6.54 Å². The molecule has 1 fully saturated rings. The van der Waals surface area contributed by atoms with E-state index in [1.807, 2.05) is 0 Å². The number of benzene rings is 1. The lowest BCUT2D eigenvalue weighted by molar-refractivity contribution is 0.177. The van der Waals surface area contributed by atoms with Gasteiger partial charge in [0.2, 0.25) is 0 Å². The summed E-state index contributed by atoms with van der Waals surface area (Å²) in [5, 5.41) is 9.66. The highest BCUT2D eigenvalue weighted by Crippen LogP contribution is 2.25. The summed E-state index contributed by atoms with van der Waals surface area (Å²) in [4.78, 5) is 4.85. The summed E-state index contributed by atoms with van der Waals surface area (Å²) in [5.74, 6) is 1.60. The first-order valence-corrected chi connectivity index (χ1v) is 8.64. The summed E-state index contributed by atoms with van der Waals surface area (Å²) >= 11 is 0. The third-order valence-electron chi connectivity index (χ3n) is 5.03. The molecule has 2 atom stereocenters. The fourth-order valence-corrected chi connectivity index (χ4v) is 3.37. The van der Waals surface area contributed by atoms with Gasteiger partial charge in [-0.15, -0.1) is 0 Å². The van der Waals surface area contributed by atoms with Crippen molar-refractivity contribution >= 4 is 0 Å². The van der Waals surface area contributed by atoms with Gasteiger partial charge in [0, 0.05) is 32.8 Å². The molecule has 0 radical (unpaired) electrons. The van der Waals surface area contributed by atoms with E-state index in [2.05, 4.69) is 61.9 Å². The van der Waals surface area contributed by atoms with Crippen molar-refractivity contribution in [3.05, 3.63) is 35.4 Å². The molecule has 3 heteroatoms. The Labute approximate surface area is 135 Å². The van der Waals surface area contributed by atoms with Crippen molar-refractivity contribution in [1.29, 1.82) is 0 Å². The van der Waals surface area contributed by atoms with Crippen LogP contribution in [0.4, 0.5) is 0 Å². The van der Waals surface area contributed by atoms with Gasteiger partial charge in [-0.25, -0.2) is 0 Å². The van der Waals surface area contributed by atoms with E-state index >= 15 is 0 Å². The largest absolute Gasteiger partial charge is 0.396 e. The standard InChI is InChI=1S/C19H32N2O/c1-5-20(4)11-18-12-21(13-19(18)14-22)10-16-6-8-17(9-7-16)15(2)3/h6-9,15,18-19,22H,5,10-14H2,1-4H3/t18-,19-/m1/s1. The molecular formula is C19H32N2O. The molecule has 0 bridgehead atoms. The van der Waals surface area contributed by atoms with Crippen molar-refractivity contribution in [2.75, 3.05) is 39.8 Å². The Morgan fingerprint density at radius 3 is 2.36 bits per heavy atom. The van der Waals surface area contributed by atoms with Crippen LogP contribution in [-0.4, -0.2) is 54.7 Å². The first-order valence-electron chi connectivity index (χ1n) is 8.64. The third-order valence-corrected chi connectivity index (χ3v) is 5.03. The second-order valence-corrected chi connectivity index (χ2v) is 7.15. The van der Waals surface area contributed by atoms with Crippen LogP contribution in [0.1, 0.15) is 37.8 Å². The molecule has 1 aromatic carbocycles. The molecule has 0 aliphatic carbocycles. The average Bonchev–Trinajstić information content (AvgIpc) is 2.89. The smallest absolute Gasteiger partial charge is 0.0475 e. The van der Waals surface area contributed by atoms with E-state index in [9.17, 15) is 5.11 Å². The number of aliphatic hydroxyl groups is 1. The second kappa shape index (κ2) is 8.09. The molecule has 2 rings (SSSR count). The Bertz CT molecular complexity index is 443. The second-order valence-electron chi connectivity index (χ2n) is 7.15. The molecule has 0 saturated carbocycles. The fourth-order valence-electron chi connectivity index (χ4n) is 3.37. The quantitative estimate of drug-likeness (QED) is 0.839. The summed E-state index contributed by atoms with van der Waals surface area (Å²) in [6, 6.07) is 9.02. The van der Waals surface area contributed by atoms with Crippen LogP contribution in [0.25, 0.3) is 0 Å². The highest BCUT2D eigenvalue weighted by molar-refractivity contribution is 5.24. The molecule has 1 aromatic rings. The first-order chi connectivity index (χ1) is 10.5. The van der Waals surface area contributed by atoms with Crippen LogP contribution in [0.3, 0.4) is 0 Å². The molecule has 0 spiro atoms. The van der Waals surface area contributed by atoms with Crippen molar-refractivity contribution in [3.63, 3.8) is 0 Å². The lowest BCUT2D eigenvalue weighted by atomic mass is 9.96. The van der Waals surface area contributed by atoms with Gasteiger partial charge in [-0.2, -0.15) is 0 Å². The summed E-state index contributed by atoms with van der Waals surface area (Å²) in [5.41, 5.74) is 2.78. The number of aliphatic hydroxyl groups excluding tert-OH is 1. The topological polar surface area (TPSA) is 26.7 Å². The van der Waals surface area contributed by atoms with E-state index in [0.29, 0.717) is 24.4 Å². The van der Waals surface area contributed by atoms with Crippen LogP contribution in [0.5, 0.6) is 0 Å². The minimum atomic E-state index is 0.311. The minimum Gasteiger partial charge on any atom is -0.396 e. The van der Waals surface area contributed by atoms with E-state index in [0.717, 1.165) is 32.7 Å². The Balaban J connectivity index is 1.93. The van der Waals surface area contributed by atoms with Crippen molar-refractivity contribution in [2.45, 2.75) is 33.2 Å². The number of nitrogens with zero attached hydrogens (tertiary/aromatic N) is 2. The molecular weight excluding hydrogens is 272 g/mol. The zero-order valence-corrected chi connectivity index (χ0v) is 14.6. The van der Waals surface area contributed by atoms with Gasteiger partial charge < -0.3 is 10.0 Å². The molecule has 22 heavy (non-hydrogen) atoms. The maximum atomic E-state index is 9.66. The number of likely N-dealkylation sites (tertiary alicyclic amines) is 1. The van der Waals surface area contributed by atoms with E-state index < -0.39 is 0 Å². The summed E-state index contributed by atoms with van der Waals surface area (Å²) in [6.07, 6.45) is 0. The Morgan fingerprint density at radius 1 is 1.18 bits per heavy atom. The van der Waals surface area contributed by atoms with Crippen molar-refractivity contribution in [3.8, 4) is 0 Å². The average molecular weight is 304 g/mol. The van der Waals surface area contributed by atoms with Gasteiger partial charge >= 0.3 is 0 Å². The van der Waals surface area contributed by atoms with Crippen LogP contribution in [0.15, 0.2) is 24.3 Å². The molecule has 1 aliphatic heterocycles. The third kappa shape index (κ3) is 4.55. The number of hydrogen-bond donors (Lipinski definition) is 1. The van der Waals surface area contributed by atoms with Crippen LogP contribution in [0.2, 0.25) is 0 Å². The highest BCUT2D eigenvalue weighted by Gasteiger charge is 2.32. The molecule has 1 heterocycles. The van der Waals surface area contributed by atoms with Crippen molar-refractivity contribution in [2.24, 2.45) is 11.8 Å². The molecule has 1 saturated heterocycles. The van der Waals surface area contributed by atoms with Crippen molar-refractivity contribution in [1.82, 2.24) is 9.80 Å². The summed E-state index contributed by atoms with van der Waals surface area (Å²) in [6.45, 7) is 12.2. The fraction of sp³-hybridized carbons (Fsp3) is 0.684. The lowest BCUT2D eigenvalue weighted by Crippen LogP contribution is -2.31. The number of hydrogen-bond acceptors (Lipinski definition) is 3. The minimum absolute atomic E-state index is 0.311. The Morgan fingerprint density at radius 2 is 1.82 bits per heavy atom. The van der Waals surface area contributed by atoms with Crippen molar-refractivity contribution < 1.29 is 5.11 Å². The molecule has 0 aromatic heterocycles. The highest BCUT2D eigenvalue weighted by atomic mass is 16.3. The molecule has 3 nitrogen and oxygen atoms in total. The number of rotatable bonds is 7. The van der Waals surface area contributed by atoms with Gasteiger partial charge in [-0.05, 0) is 42.5 Å². The maximum Gasteiger partial charge on any atom is 0.0475 e. The van der Waals surface area contributed by atoms with Gasteiger partial charge in [-0.3, -0.25) is 4.90 Å². The monoisotopic (exact) mass is 304 g/mol. The van der Waals surface area contributed by atoms with E-state index in [1.54, 1.807) is 0 Å². The predicted octanol–water partition coefficient (Wildman–Crippen LogP) is 2.80. The molecule has 1 N–H and O–H groups in total. The molecule has 0 unspecified atom stereocenters. The van der Waals surface area contributed by atoms with E-state index in [1.165, 1.54) is 11.1 Å². The maximum absolute atomic E-state index is 9.66. The van der Waals surface area contributed by atoms with Gasteiger partial charge in [0.25, 0.3) is 0 Å². The first kappa shape index (κ1) is 17.5. The van der Waals surface area contributed by atoms with Gasteiger partial charge in [0.1, 0.15) is 0 Å². The zero-order valence-electron chi connectivity index (χ0n) is 14.6. The zero-order chi connectivity index (χ0) is 16.1. The normalized spacial score (nSPS) is 22.9. The molecule has 0 amide bonds. The predicted molar refractivity (Wildman–Crippen MR) is 93.0 cm³/mol. The van der Waals surface area contributed by atoms with Gasteiger partial charge in [0.05, 0.1) is 0 Å². The van der Waals surface area contributed by atoms with E-state index in [-0.39, 0.29) is 0 Å². The van der Waals surface area contributed by atoms with Crippen LogP contribution < -0.4 is 0 Å². The van der Waals surface area contributed by atoms with Gasteiger partial charge in [0.15, 0.2) is 0 Å². The SMILES string of the molecule is CCN(C)C[C@@H]1CN(Cc2ccc(C(C)C)cc2)C[C@@H]1CO. The summed E-state index contributed by atoms with van der Waals surface area (Å²) in [7, 11) is 2.17. The van der Waals surface area contributed by atoms with E-state index in [4.69, 9.17) is 0 Å². The molecule has 1 aliphatic rings. The van der Waals surface area contributed by atoms with Crippen LogP contribution in [0, 0.1) is 11.8 Å². The van der Waals surface area contributed by atoms with Crippen LogP contribution >= 0.6 is 0 Å².